The van der Waals surface area contributed by atoms with Crippen molar-refractivity contribution in [3.05, 3.63) is 169 Å². The number of aromatic nitrogens is 4. The molecule has 3 aromatic heterocycles. The Hall–Kier alpha value is -6.85. The fourth-order valence-electron chi connectivity index (χ4n) is 7.56. The number of rotatable bonds is 7. The summed E-state index contributed by atoms with van der Waals surface area (Å²) >= 11 is 0. The third-order valence-corrected chi connectivity index (χ3v) is 10.2. The SMILES string of the molecule is CCCc1ccc(-c2nc(-c3ccccc3)nc(-c3ccc(-n4c5ccccc5c5cc(-c6ccc7oc8ccccc8c7c6)ccc54)cc3)n2)cc1. The highest BCUT2D eigenvalue weighted by atomic mass is 16.3. The lowest BCUT2D eigenvalue weighted by Crippen LogP contribution is -2.00. The van der Waals surface area contributed by atoms with Gasteiger partial charge in [0.15, 0.2) is 17.5 Å². The van der Waals surface area contributed by atoms with Crippen LogP contribution in [0.25, 0.3) is 94.7 Å². The van der Waals surface area contributed by atoms with E-state index in [2.05, 4.69) is 133 Å². The molecule has 252 valence electrons. The molecule has 0 amide bonds. The lowest BCUT2D eigenvalue weighted by molar-refractivity contribution is 0.669. The van der Waals surface area contributed by atoms with Crippen LogP contribution in [0, 0.1) is 0 Å². The molecule has 0 unspecified atom stereocenters. The van der Waals surface area contributed by atoms with E-state index in [9.17, 15) is 0 Å². The molecule has 0 N–H and O–H groups in total. The Kier molecular flexibility index (Phi) is 7.43. The molecule has 10 rings (SSSR count). The number of benzene rings is 7. The van der Waals surface area contributed by atoms with Crippen LogP contribution in [0.15, 0.2) is 168 Å². The second kappa shape index (κ2) is 12.7. The summed E-state index contributed by atoms with van der Waals surface area (Å²) in [6, 6.07) is 57.4. The van der Waals surface area contributed by atoms with Gasteiger partial charge in [0.1, 0.15) is 11.2 Å². The smallest absolute Gasteiger partial charge is 0.164 e. The zero-order chi connectivity index (χ0) is 35.3. The lowest BCUT2D eigenvalue weighted by atomic mass is 10.0. The largest absolute Gasteiger partial charge is 0.456 e. The molecule has 0 bridgehead atoms. The van der Waals surface area contributed by atoms with Crippen molar-refractivity contribution in [2.24, 2.45) is 0 Å². The first-order valence-corrected chi connectivity index (χ1v) is 18.2. The zero-order valence-electron chi connectivity index (χ0n) is 29.2. The Morgan fingerprint density at radius 3 is 1.68 bits per heavy atom. The fraction of sp³-hybridized carbons (Fsp3) is 0.0625. The molecule has 0 saturated carbocycles. The molecule has 0 aliphatic rings. The Labute approximate surface area is 306 Å². The second-order valence-electron chi connectivity index (χ2n) is 13.6. The van der Waals surface area contributed by atoms with Crippen molar-refractivity contribution in [2.75, 3.05) is 0 Å². The minimum absolute atomic E-state index is 0.646. The summed E-state index contributed by atoms with van der Waals surface area (Å²) in [4.78, 5) is 14.9. The Morgan fingerprint density at radius 1 is 0.434 bits per heavy atom. The van der Waals surface area contributed by atoms with Crippen LogP contribution in [0.1, 0.15) is 18.9 Å². The third-order valence-electron chi connectivity index (χ3n) is 10.2. The van der Waals surface area contributed by atoms with Crippen LogP contribution in [0.2, 0.25) is 0 Å². The molecule has 5 heteroatoms. The summed E-state index contributed by atoms with van der Waals surface area (Å²) in [5.41, 5.74) is 11.7. The Morgan fingerprint density at radius 2 is 0.962 bits per heavy atom. The normalized spacial score (nSPS) is 11.6. The van der Waals surface area contributed by atoms with Crippen molar-refractivity contribution in [3.8, 4) is 51.0 Å². The van der Waals surface area contributed by atoms with E-state index in [1.165, 1.54) is 21.9 Å². The molecule has 0 aliphatic heterocycles. The maximum atomic E-state index is 6.11. The monoisotopic (exact) mass is 682 g/mol. The number of aryl methyl sites for hydroxylation is 1. The van der Waals surface area contributed by atoms with Gasteiger partial charge in [-0.1, -0.05) is 116 Å². The number of furan rings is 1. The maximum Gasteiger partial charge on any atom is 0.164 e. The van der Waals surface area contributed by atoms with Crippen molar-refractivity contribution in [1.82, 2.24) is 19.5 Å². The van der Waals surface area contributed by atoms with E-state index in [0.29, 0.717) is 17.5 Å². The molecule has 0 fully saturated rings. The van der Waals surface area contributed by atoms with Crippen LogP contribution in [0.5, 0.6) is 0 Å². The van der Waals surface area contributed by atoms with Gasteiger partial charge in [-0.2, -0.15) is 0 Å². The predicted molar refractivity (Wildman–Crippen MR) is 217 cm³/mol. The second-order valence-corrected chi connectivity index (χ2v) is 13.6. The first-order valence-electron chi connectivity index (χ1n) is 18.2. The van der Waals surface area contributed by atoms with Crippen LogP contribution in [0.4, 0.5) is 0 Å². The van der Waals surface area contributed by atoms with Crippen molar-refractivity contribution >= 4 is 43.7 Å². The molecular weight excluding hydrogens is 649 g/mol. The Balaban J connectivity index is 1.05. The minimum Gasteiger partial charge on any atom is -0.456 e. The molecule has 5 nitrogen and oxygen atoms in total. The van der Waals surface area contributed by atoms with E-state index in [1.807, 2.05) is 42.5 Å². The van der Waals surface area contributed by atoms with Gasteiger partial charge >= 0.3 is 0 Å². The van der Waals surface area contributed by atoms with Crippen molar-refractivity contribution in [2.45, 2.75) is 19.8 Å². The van der Waals surface area contributed by atoms with E-state index in [4.69, 9.17) is 19.4 Å². The summed E-state index contributed by atoms with van der Waals surface area (Å²) in [7, 11) is 0. The van der Waals surface area contributed by atoms with Gasteiger partial charge in [-0.15, -0.1) is 0 Å². The van der Waals surface area contributed by atoms with Gasteiger partial charge in [0.2, 0.25) is 0 Å². The van der Waals surface area contributed by atoms with Gasteiger partial charge in [-0.3, -0.25) is 0 Å². The quantitative estimate of drug-likeness (QED) is 0.168. The van der Waals surface area contributed by atoms with Crippen molar-refractivity contribution < 1.29 is 4.42 Å². The molecule has 0 atom stereocenters. The van der Waals surface area contributed by atoms with Crippen LogP contribution in [-0.4, -0.2) is 19.5 Å². The first kappa shape index (κ1) is 30.9. The van der Waals surface area contributed by atoms with Crippen LogP contribution < -0.4 is 0 Å². The van der Waals surface area contributed by atoms with Crippen LogP contribution in [-0.2, 0) is 6.42 Å². The van der Waals surface area contributed by atoms with Gasteiger partial charge in [0, 0.05) is 43.9 Å². The summed E-state index contributed by atoms with van der Waals surface area (Å²) in [5, 5.41) is 4.68. The van der Waals surface area contributed by atoms with E-state index >= 15 is 0 Å². The summed E-state index contributed by atoms with van der Waals surface area (Å²) in [6.45, 7) is 2.20. The van der Waals surface area contributed by atoms with Crippen molar-refractivity contribution in [1.29, 1.82) is 0 Å². The van der Waals surface area contributed by atoms with E-state index in [1.54, 1.807) is 0 Å². The highest BCUT2D eigenvalue weighted by Gasteiger charge is 2.16. The van der Waals surface area contributed by atoms with Crippen molar-refractivity contribution in [3.63, 3.8) is 0 Å². The number of para-hydroxylation sites is 2. The number of hydrogen-bond acceptors (Lipinski definition) is 4. The fourth-order valence-corrected chi connectivity index (χ4v) is 7.56. The molecule has 53 heavy (non-hydrogen) atoms. The minimum atomic E-state index is 0.646. The predicted octanol–water partition coefficient (Wildman–Crippen LogP) is 12.5. The van der Waals surface area contributed by atoms with Gasteiger partial charge in [-0.05, 0) is 83.8 Å². The standard InChI is InChI=1S/C48H34N4O/c1-2-10-31-17-19-33(20-18-31)47-49-46(32-11-4-3-5-12-32)50-48(51-47)34-21-25-37(26-22-34)52-42-15-8-6-13-38(42)40-29-35(23-27-43(40)52)36-24-28-45-41(30-36)39-14-7-9-16-44(39)53-45/h3-9,11-30H,2,10H2,1H3. The number of hydrogen-bond donors (Lipinski definition) is 0. The molecule has 3 heterocycles. The zero-order valence-corrected chi connectivity index (χ0v) is 29.2. The van der Waals surface area contributed by atoms with E-state index in [-0.39, 0.29) is 0 Å². The molecule has 0 radical (unpaired) electrons. The number of nitrogens with zero attached hydrogens (tertiary/aromatic N) is 4. The Bertz CT molecular complexity index is 2940. The molecule has 0 aliphatic carbocycles. The van der Waals surface area contributed by atoms with Gasteiger partial charge < -0.3 is 8.98 Å². The molecule has 0 saturated heterocycles. The van der Waals surface area contributed by atoms with Gasteiger partial charge in [-0.25, -0.2) is 15.0 Å². The van der Waals surface area contributed by atoms with E-state index in [0.717, 1.165) is 73.8 Å². The van der Waals surface area contributed by atoms with Gasteiger partial charge in [0.05, 0.1) is 11.0 Å². The van der Waals surface area contributed by atoms with Crippen LogP contribution in [0.3, 0.4) is 0 Å². The average molecular weight is 683 g/mol. The van der Waals surface area contributed by atoms with Crippen LogP contribution >= 0.6 is 0 Å². The summed E-state index contributed by atoms with van der Waals surface area (Å²) in [5.74, 6) is 1.97. The summed E-state index contributed by atoms with van der Waals surface area (Å²) in [6.07, 6.45) is 2.16. The lowest BCUT2D eigenvalue weighted by Gasteiger charge is -2.11. The average Bonchev–Trinajstić information content (AvgIpc) is 3.76. The first-order chi connectivity index (χ1) is 26.2. The van der Waals surface area contributed by atoms with E-state index < -0.39 is 0 Å². The van der Waals surface area contributed by atoms with Gasteiger partial charge in [0.25, 0.3) is 0 Å². The molecule has 0 spiro atoms. The maximum absolute atomic E-state index is 6.11. The highest BCUT2D eigenvalue weighted by molar-refractivity contribution is 6.11. The molecular formula is C48H34N4O. The molecule has 10 aromatic rings. The highest BCUT2D eigenvalue weighted by Crippen LogP contribution is 2.37. The third kappa shape index (κ3) is 5.45. The topological polar surface area (TPSA) is 56.7 Å². The number of fused-ring (bicyclic) bond motifs is 6. The molecule has 7 aromatic carbocycles. The summed E-state index contributed by atoms with van der Waals surface area (Å²) < 4.78 is 8.45.